The van der Waals surface area contributed by atoms with Crippen molar-refractivity contribution in [2.24, 2.45) is 0 Å². The molecule has 7 heteroatoms. The van der Waals surface area contributed by atoms with Crippen molar-refractivity contribution in [3.05, 3.63) is 64.1 Å². The Hall–Kier alpha value is -2.37. The van der Waals surface area contributed by atoms with Gasteiger partial charge in [-0.1, -0.05) is 53.5 Å². The quantitative estimate of drug-likeness (QED) is 0.553. The maximum atomic E-state index is 12.1. The predicted octanol–water partition coefficient (Wildman–Crippen LogP) is 4.53. The summed E-state index contributed by atoms with van der Waals surface area (Å²) in [5.74, 6) is -1.32. The van der Waals surface area contributed by atoms with Crippen LogP contribution < -0.4 is 5.32 Å². The molecule has 1 amide bonds. The van der Waals surface area contributed by atoms with E-state index in [1.165, 1.54) is 13.0 Å². The van der Waals surface area contributed by atoms with Gasteiger partial charge in [0.05, 0.1) is 17.1 Å². The summed E-state index contributed by atoms with van der Waals surface area (Å²) in [6.45, 7) is 1.44. The van der Waals surface area contributed by atoms with Gasteiger partial charge in [-0.2, -0.15) is 0 Å². The number of ether oxygens (including phenoxy) is 1. The molecule has 0 fully saturated rings. The molecule has 0 bridgehead atoms. The van der Waals surface area contributed by atoms with Crippen LogP contribution in [0.4, 0.5) is 5.69 Å². The molecule has 0 aromatic heterocycles. The fourth-order valence-electron chi connectivity index (χ4n) is 2.12. The summed E-state index contributed by atoms with van der Waals surface area (Å²) in [7, 11) is 0. The van der Waals surface area contributed by atoms with Crippen molar-refractivity contribution in [3.8, 4) is 0 Å². The van der Waals surface area contributed by atoms with Crippen LogP contribution in [0, 0.1) is 0 Å². The van der Waals surface area contributed by atoms with Crippen molar-refractivity contribution < 1.29 is 19.1 Å². The Labute approximate surface area is 161 Å². The SMILES string of the molecule is C[C@H](OC(=O)CCC(=O)c1ccccc1)C(=O)Nc1ccc(Cl)cc1Cl. The van der Waals surface area contributed by atoms with Crippen LogP contribution in [0.25, 0.3) is 0 Å². The number of carbonyl (C=O) groups is 3. The molecular weight excluding hydrogens is 377 g/mol. The number of amides is 1. The fraction of sp³-hybridized carbons (Fsp3) is 0.211. The summed E-state index contributed by atoms with van der Waals surface area (Å²) in [5.41, 5.74) is 0.895. The monoisotopic (exact) mass is 393 g/mol. The molecule has 0 aliphatic carbocycles. The average molecular weight is 394 g/mol. The minimum atomic E-state index is -1.03. The van der Waals surface area contributed by atoms with Gasteiger partial charge in [-0.05, 0) is 25.1 Å². The van der Waals surface area contributed by atoms with Gasteiger partial charge >= 0.3 is 5.97 Å². The van der Waals surface area contributed by atoms with Crippen molar-refractivity contribution in [1.82, 2.24) is 0 Å². The summed E-state index contributed by atoms with van der Waals surface area (Å²) >= 11 is 11.8. The fourth-order valence-corrected chi connectivity index (χ4v) is 2.57. The average Bonchev–Trinajstić information content (AvgIpc) is 2.62. The van der Waals surface area contributed by atoms with Crippen LogP contribution >= 0.6 is 23.2 Å². The summed E-state index contributed by atoms with van der Waals surface area (Å²) < 4.78 is 5.06. The predicted molar refractivity (Wildman–Crippen MR) is 101 cm³/mol. The zero-order chi connectivity index (χ0) is 19.1. The lowest BCUT2D eigenvalue weighted by molar-refractivity contribution is -0.153. The van der Waals surface area contributed by atoms with Gasteiger partial charge in [0.1, 0.15) is 0 Å². The second-order valence-corrected chi connectivity index (χ2v) is 6.38. The van der Waals surface area contributed by atoms with E-state index in [0.717, 1.165) is 0 Å². The van der Waals surface area contributed by atoms with E-state index in [2.05, 4.69) is 5.32 Å². The van der Waals surface area contributed by atoms with Gasteiger partial charge in [0.15, 0.2) is 11.9 Å². The maximum absolute atomic E-state index is 12.1. The molecule has 0 spiro atoms. The number of Topliss-reactive ketones (excluding diaryl/α,β-unsaturated/α-hetero) is 1. The van der Waals surface area contributed by atoms with E-state index in [9.17, 15) is 14.4 Å². The van der Waals surface area contributed by atoms with Gasteiger partial charge in [0, 0.05) is 17.0 Å². The summed E-state index contributed by atoms with van der Waals surface area (Å²) in [6.07, 6.45) is -1.12. The Morgan fingerprint density at radius 2 is 1.73 bits per heavy atom. The number of esters is 1. The number of carbonyl (C=O) groups excluding carboxylic acids is 3. The number of benzene rings is 2. The van der Waals surface area contributed by atoms with Gasteiger partial charge in [-0.3, -0.25) is 14.4 Å². The highest BCUT2D eigenvalue weighted by atomic mass is 35.5. The first-order chi connectivity index (χ1) is 12.4. The molecule has 2 rings (SSSR count). The third-order valence-electron chi connectivity index (χ3n) is 3.52. The summed E-state index contributed by atoms with van der Waals surface area (Å²) in [6, 6.07) is 13.3. The second kappa shape index (κ2) is 9.36. The number of halogens is 2. The smallest absolute Gasteiger partial charge is 0.307 e. The van der Waals surface area contributed by atoms with Crippen molar-refractivity contribution in [2.75, 3.05) is 5.32 Å². The molecule has 26 heavy (non-hydrogen) atoms. The lowest BCUT2D eigenvalue weighted by atomic mass is 10.1. The van der Waals surface area contributed by atoms with Crippen LogP contribution in [-0.4, -0.2) is 23.8 Å². The zero-order valence-electron chi connectivity index (χ0n) is 14.0. The zero-order valence-corrected chi connectivity index (χ0v) is 15.5. The third kappa shape index (κ3) is 5.86. The Morgan fingerprint density at radius 1 is 1.04 bits per heavy atom. The third-order valence-corrected chi connectivity index (χ3v) is 4.07. The molecule has 2 aromatic rings. The number of ketones is 1. The van der Waals surface area contributed by atoms with Gasteiger partial charge in [0.2, 0.25) is 0 Å². The van der Waals surface area contributed by atoms with Crippen LogP contribution in [0.3, 0.4) is 0 Å². The van der Waals surface area contributed by atoms with E-state index in [1.54, 1.807) is 42.5 Å². The van der Waals surface area contributed by atoms with Crippen molar-refractivity contribution in [3.63, 3.8) is 0 Å². The minimum absolute atomic E-state index is 0.0141. The molecule has 136 valence electrons. The lowest BCUT2D eigenvalue weighted by Gasteiger charge is -2.14. The molecule has 2 aromatic carbocycles. The van der Waals surface area contributed by atoms with Gasteiger partial charge in [-0.15, -0.1) is 0 Å². The van der Waals surface area contributed by atoms with Gasteiger partial charge in [0.25, 0.3) is 5.91 Å². The van der Waals surface area contributed by atoms with E-state index >= 15 is 0 Å². The Balaban J connectivity index is 1.82. The lowest BCUT2D eigenvalue weighted by Crippen LogP contribution is -2.30. The number of hydrogen-bond acceptors (Lipinski definition) is 4. The molecule has 0 heterocycles. The largest absolute Gasteiger partial charge is 0.453 e. The molecule has 0 unspecified atom stereocenters. The molecule has 1 N–H and O–H groups in total. The first-order valence-electron chi connectivity index (χ1n) is 7.90. The van der Waals surface area contributed by atoms with Crippen molar-refractivity contribution in [1.29, 1.82) is 0 Å². The van der Waals surface area contributed by atoms with E-state index < -0.39 is 18.0 Å². The Kier molecular flexibility index (Phi) is 7.18. The van der Waals surface area contributed by atoms with Crippen molar-refractivity contribution in [2.45, 2.75) is 25.9 Å². The Bertz CT molecular complexity index is 808. The van der Waals surface area contributed by atoms with Gasteiger partial charge < -0.3 is 10.1 Å². The summed E-state index contributed by atoms with van der Waals surface area (Å²) in [5, 5.41) is 3.28. The van der Waals surface area contributed by atoms with Crippen LogP contribution in [0.5, 0.6) is 0 Å². The number of hydrogen-bond donors (Lipinski definition) is 1. The molecule has 0 saturated heterocycles. The van der Waals surface area contributed by atoms with Crippen LogP contribution in [0.2, 0.25) is 10.0 Å². The number of rotatable bonds is 7. The Morgan fingerprint density at radius 3 is 2.38 bits per heavy atom. The highest BCUT2D eigenvalue weighted by Crippen LogP contribution is 2.25. The topological polar surface area (TPSA) is 72.5 Å². The molecule has 0 radical (unpaired) electrons. The number of anilines is 1. The maximum Gasteiger partial charge on any atom is 0.307 e. The molecule has 0 saturated carbocycles. The van der Waals surface area contributed by atoms with E-state index in [-0.39, 0.29) is 23.6 Å². The van der Waals surface area contributed by atoms with Crippen molar-refractivity contribution >= 4 is 46.5 Å². The molecule has 0 aliphatic rings. The molecule has 1 atom stereocenters. The second-order valence-electron chi connectivity index (χ2n) is 5.53. The van der Waals surface area contributed by atoms with Crippen LogP contribution in [-0.2, 0) is 14.3 Å². The molecule has 0 aliphatic heterocycles. The first kappa shape index (κ1) is 19.9. The first-order valence-corrected chi connectivity index (χ1v) is 8.66. The highest BCUT2D eigenvalue weighted by molar-refractivity contribution is 6.36. The summed E-state index contributed by atoms with van der Waals surface area (Å²) in [4.78, 5) is 35.9. The minimum Gasteiger partial charge on any atom is -0.453 e. The molecule has 5 nitrogen and oxygen atoms in total. The number of nitrogens with one attached hydrogen (secondary N) is 1. The van der Waals surface area contributed by atoms with Gasteiger partial charge in [-0.25, -0.2) is 0 Å². The van der Waals surface area contributed by atoms with Crippen LogP contribution in [0.1, 0.15) is 30.1 Å². The molecular formula is C19H17Cl2NO4. The van der Waals surface area contributed by atoms with E-state index in [0.29, 0.717) is 16.3 Å². The van der Waals surface area contributed by atoms with Crippen LogP contribution in [0.15, 0.2) is 48.5 Å². The van der Waals surface area contributed by atoms with E-state index in [1.807, 2.05) is 0 Å². The normalized spacial score (nSPS) is 11.5. The van der Waals surface area contributed by atoms with E-state index in [4.69, 9.17) is 27.9 Å². The highest BCUT2D eigenvalue weighted by Gasteiger charge is 2.19. The standard InChI is InChI=1S/C19H17Cl2NO4/c1-12(19(25)22-16-8-7-14(20)11-15(16)21)26-18(24)10-9-17(23)13-5-3-2-4-6-13/h2-8,11-12H,9-10H2,1H3,(H,22,25)/t12-/m0/s1.